The third-order valence-corrected chi connectivity index (χ3v) is 5.87. The number of nitrogens with one attached hydrogen (secondary N) is 1. The van der Waals surface area contributed by atoms with Gasteiger partial charge in [-0.15, -0.1) is 0 Å². The van der Waals surface area contributed by atoms with Gasteiger partial charge in [-0.05, 0) is 51.7 Å². The van der Waals surface area contributed by atoms with Gasteiger partial charge in [0.1, 0.15) is 0 Å². The highest BCUT2D eigenvalue weighted by atomic mass is 32.2. The smallest absolute Gasteiger partial charge is 0.302 e. The Labute approximate surface area is 152 Å². The molecule has 6 heteroatoms. The van der Waals surface area contributed by atoms with E-state index in [1.54, 1.807) is 24.3 Å². The van der Waals surface area contributed by atoms with Crippen molar-refractivity contribution in [1.29, 1.82) is 0 Å². The van der Waals surface area contributed by atoms with Crippen molar-refractivity contribution in [2.75, 3.05) is 6.61 Å². The van der Waals surface area contributed by atoms with E-state index in [9.17, 15) is 13.2 Å². The minimum atomic E-state index is -3.52. The van der Waals surface area contributed by atoms with E-state index in [1.165, 1.54) is 6.92 Å². The fraction of sp³-hybridized carbons (Fsp3) is 0.632. The summed E-state index contributed by atoms with van der Waals surface area (Å²) in [6.45, 7) is 9.71. The first-order chi connectivity index (χ1) is 11.5. The van der Waals surface area contributed by atoms with E-state index in [0.717, 1.165) is 31.2 Å². The molecule has 0 heterocycles. The van der Waals surface area contributed by atoms with Crippen molar-refractivity contribution in [3.8, 4) is 0 Å². The molecule has 1 aromatic rings. The maximum atomic E-state index is 12.5. The topological polar surface area (TPSA) is 72.5 Å². The predicted molar refractivity (Wildman–Crippen MR) is 99.8 cm³/mol. The molecular weight excluding hydrogens is 338 g/mol. The molecule has 1 N–H and O–H groups in total. The highest BCUT2D eigenvalue weighted by molar-refractivity contribution is 7.89. The van der Waals surface area contributed by atoms with Crippen molar-refractivity contribution in [3.05, 3.63) is 29.8 Å². The molecule has 0 bridgehead atoms. The molecule has 0 aromatic heterocycles. The van der Waals surface area contributed by atoms with Crippen LogP contribution >= 0.6 is 0 Å². The van der Waals surface area contributed by atoms with Crippen molar-refractivity contribution in [2.45, 2.75) is 70.7 Å². The molecule has 5 nitrogen and oxygen atoms in total. The monoisotopic (exact) mass is 369 g/mol. The Kier molecular flexibility index (Phi) is 8.09. The minimum Gasteiger partial charge on any atom is -0.466 e. The quantitative estimate of drug-likeness (QED) is 0.637. The molecule has 1 aromatic carbocycles. The maximum absolute atomic E-state index is 12.5. The minimum absolute atomic E-state index is 0.251. The number of hydrogen-bond acceptors (Lipinski definition) is 4. The molecule has 1 rings (SSSR count). The van der Waals surface area contributed by atoms with E-state index >= 15 is 0 Å². The van der Waals surface area contributed by atoms with Crippen LogP contribution in [0.5, 0.6) is 0 Å². The first kappa shape index (κ1) is 21.6. The number of sulfonamides is 1. The van der Waals surface area contributed by atoms with Gasteiger partial charge in [0.15, 0.2) is 0 Å². The van der Waals surface area contributed by atoms with Crippen LogP contribution in [0.1, 0.15) is 58.9 Å². The van der Waals surface area contributed by atoms with Crippen LogP contribution in [-0.4, -0.2) is 26.5 Å². The second kappa shape index (κ2) is 9.34. The lowest BCUT2D eigenvalue weighted by Crippen LogP contribution is -2.43. The second-order valence-electron chi connectivity index (χ2n) is 7.43. The van der Waals surface area contributed by atoms with Crippen LogP contribution in [0, 0.1) is 12.8 Å². The van der Waals surface area contributed by atoms with Gasteiger partial charge in [0.05, 0.1) is 11.5 Å². The van der Waals surface area contributed by atoms with E-state index < -0.39 is 15.6 Å². The molecule has 0 aliphatic heterocycles. The molecule has 0 saturated heterocycles. The third kappa shape index (κ3) is 8.50. The summed E-state index contributed by atoms with van der Waals surface area (Å²) in [7, 11) is -3.52. The molecule has 0 radical (unpaired) electrons. The summed E-state index contributed by atoms with van der Waals surface area (Å²) in [4.78, 5) is 11.0. The molecule has 0 saturated carbocycles. The average Bonchev–Trinajstić information content (AvgIpc) is 2.45. The maximum Gasteiger partial charge on any atom is 0.302 e. The van der Waals surface area contributed by atoms with Gasteiger partial charge < -0.3 is 4.74 Å². The SMILES string of the molecule is CC(=O)OCCC(C)CCCC(C)(C)NS(=O)(=O)c1ccc(C)cc1. The van der Waals surface area contributed by atoms with E-state index in [2.05, 4.69) is 11.6 Å². The Morgan fingerprint density at radius 3 is 2.36 bits per heavy atom. The zero-order valence-electron chi connectivity index (χ0n) is 16.0. The molecular formula is C19H31NO4S. The van der Waals surface area contributed by atoms with E-state index in [0.29, 0.717) is 17.4 Å². The van der Waals surface area contributed by atoms with Crippen LogP contribution in [0.15, 0.2) is 29.2 Å². The summed E-state index contributed by atoms with van der Waals surface area (Å²) >= 11 is 0. The molecule has 1 atom stereocenters. The lowest BCUT2D eigenvalue weighted by molar-refractivity contribution is -0.141. The summed E-state index contributed by atoms with van der Waals surface area (Å²) < 4.78 is 32.8. The van der Waals surface area contributed by atoms with Gasteiger partial charge in [0.25, 0.3) is 0 Å². The number of hydrogen-bond donors (Lipinski definition) is 1. The van der Waals surface area contributed by atoms with Gasteiger partial charge in [-0.2, -0.15) is 0 Å². The number of aryl methyl sites for hydroxylation is 1. The van der Waals surface area contributed by atoms with E-state index in [-0.39, 0.29) is 5.97 Å². The van der Waals surface area contributed by atoms with Gasteiger partial charge in [0.2, 0.25) is 10.0 Å². The average molecular weight is 370 g/mol. The third-order valence-electron chi connectivity index (χ3n) is 4.16. The fourth-order valence-electron chi connectivity index (χ4n) is 2.63. The Morgan fingerprint density at radius 1 is 1.20 bits per heavy atom. The Balaban J connectivity index is 2.47. The van der Waals surface area contributed by atoms with E-state index in [1.807, 2.05) is 20.8 Å². The molecule has 142 valence electrons. The highest BCUT2D eigenvalue weighted by Gasteiger charge is 2.26. The van der Waals surface area contributed by atoms with Crippen molar-refractivity contribution in [3.63, 3.8) is 0 Å². The van der Waals surface area contributed by atoms with Gasteiger partial charge in [-0.25, -0.2) is 13.1 Å². The van der Waals surface area contributed by atoms with Crippen molar-refractivity contribution < 1.29 is 17.9 Å². The number of rotatable bonds is 10. The molecule has 0 amide bonds. The van der Waals surface area contributed by atoms with Gasteiger partial charge in [-0.3, -0.25) is 4.79 Å². The van der Waals surface area contributed by atoms with Gasteiger partial charge >= 0.3 is 5.97 Å². The summed E-state index contributed by atoms with van der Waals surface area (Å²) in [5.41, 5.74) is 0.514. The number of carbonyl (C=O) groups is 1. The van der Waals surface area contributed by atoms with Crippen LogP contribution in [0.25, 0.3) is 0 Å². The number of benzene rings is 1. The summed E-state index contributed by atoms with van der Waals surface area (Å²) in [5, 5.41) is 0. The first-order valence-electron chi connectivity index (χ1n) is 8.76. The molecule has 1 unspecified atom stereocenters. The Morgan fingerprint density at radius 2 is 1.80 bits per heavy atom. The first-order valence-corrected chi connectivity index (χ1v) is 10.2. The Bertz CT molecular complexity index is 651. The summed E-state index contributed by atoms with van der Waals surface area (Å²) in [6.07, 6.45) is 3.45. The van der Waals surface area contributed by atoms with Crippen LogP contribution in [-0.2, 0) is 19.6 Å². The van der Waals surface area contributed by atoms with Crippen molar-refractivity contribution >= 4 is 16.0 Å². The van der Waals surface area contributed by atoms with Crippen molar-refractivity contribution in [2.24, 2.45) is 5.92 Å². The number of carbonyl (C=O) groups excluding carboxylic acids is 1. The second-order valence-corrected chi connectivity index (χ2v) is 9.11. The van der Waals surface area contributed by atoms with Crippen molar-refractivity contribution in [1.82, 2.24) is 4.72 Å². The van der Waals surface area contributed by atoms with Gasteiger partial charge in [0, 0.05) is 12.5 Å². The number of esters is 1. The van der Waals surface area contributed by atoms with E-state index in [4.69, 9.17) is 4.74 Å². The summed E-state index contributed by atoms with van der Waals surface area (Å²) in [5.74, 6) is 0.183. The lowest BCUT2D eigenvalue weighted by Gasteiger charge is -2.26. The molecule has 0 aliphatic carbocycles. The molecule has 0 aliphatic rings. The molecule has 25 heavy (non-hydrogen) atoms. The van der Waals surface area contributed by atoms with Gasteiger partial charge in [-0.1, -0.05) is 37.5 Å². The molecule has 0 fully saturated rings. The zero-order valence-corrected chi connectivity index (χ0v) is 16.8. The predicted octanol–water partition coefficient (Wildman–Crippen LogP) is 3.81. The van der Waals surface area contributed by atoms with Crippen LogP contribution < -0.4 is 4.72 Å². The standard InChI is InChI=1S/C19H31NO4S/c1-15(12-14-24-17(3)21)7-6-13-19(4,5)20-25(22,23)18-10-8-16(2)9-11-18/h8-11,15,20H,6-7,12-14H2,1-5H3. The Hall–Kier alpha value is -1.40. The highest BCUT2D eigenvalue weighted by Crippen LogP contribution is 2.21. The lowest BCUT2D eigenvalue weighted by atomic mass is 9.94. The zero-order chi connectivity index (χ0) is 19.1. The normalized spacial score (nSPS) is 13.5. The fourth-order valence-corrected chi connectivity index (χ4v) is 4.07. The molecule has 0 spiro atoms. The van der Waals surface area contributed by atoms with Crippen LogP contribution in [0.4, 0.5) is 0 Å². The summed E-state index contributed by atoms with van der Waals surface area (Å²) in [6, 6.07) is 6.86. The number of ether oxygens (including phenoxy) is 1. The largest absolute Gasteiger partial charge is 0.466 e. The van der Waals surface area contributed by atoms with Crippen LogP contribution in [0.2, 0.25) is 0 Å². The van der Waals surface area contributed by atoms with Crippen LogP contribution in [0.3, 0.4) is 0 Å².